The number of ether oxygens (including phenoxy) is 1. The molecule has 0 aliphatic heterocycles. The van der Waals surface area contributed by atoms with Crippen molar-refractivity contribution in [2.75, 3.05) is 11.9 Å². The number of hydrogen-bond acceptors (Lipinski definition) is 5. The fourth-order valence-electron chi connectivity index (χ4n) is 1.58. The highest BCUT2D eigenvalue weighted by atomic mass is 79.9. The molecule has 0 spiro atoms. The molecule has 2 aromatic rings. The Labute approximate surface area is 143 Å². The molecule has 8 nitrogen and oxygen atoms in total. The molecule has 1 aromatic heterocycles. The molecule has 1 heterocycles. The molecule has 10 heteroatoms. The highest BCUT2D eigenvalue weighted by molar-refractivity contribution is 9.10. The number of rotatable bonds is 5. The van der Waals surface area contributed by atoms with Crippen LogP contribution in [0.15, 0.2) is 28.7 Å². The summed E-state index contributed by atoms with van der Waals surface area (Å²) in [6.45, 7) is -0.570. The van der Waals surface area contributed by atoms with E-state index in [0.717, 1.165) is 0 Å². The standard InChI is InChI=1S/C13H10BrClN4O4/c14-9-10(13(22)23-5-8(16)20)18-19-11(9)17-12(21)6-3-1-2-4-7(6)15/h1-4H,5H2,(H2,16,20)(H2,17,18,19,21). The lowest BCUT2D eigenvalue weighted by molar-refractivity contribution is -0.121. The Morgan fingerprint density at radius 2 is 2.04 bits per heavy atom. The molecule has 23 heavy (non-hydrogen) atoms. The molecule has 0 fully saturated rings. The van der Waals surface area contributed by atoms with Crippen molar-refractivity contribution in [3.05, 3.63) is 45.0 Å². The first-order valence-electron chi connectivity index (χ1n) is 6.15. The van der Waals surface area contributed by atoms with E-state index in [0.29, 0.717) is 0 Å². The second-order valence-electron chi connectivity index (χ2n) is 4.24. The topological polar surface area (TPSA) is 127 Å². The molecule has 120 valence electrons. The third-order valence-corrected chi connectivity index (χ3v) is 3.70. The molecule has 4 N–H and O–H groups in total. The van der Waals surface area contributed by atoms with Crippen LogP contribution in [0.4, 0.5) is 5.82 Å². The largest absolute Gasteiger partial charge is 0.451 e. The maximum absolute atomic E-state index is 12.1. The summed E-state index contributed by atoms with van der Waals surface area (Å²) in [7, 11) is 0. The number of amides is 2. The molecule has 0 aliphatic carbocycles. The predicted molar refractivity (Wildman–Crippen MR) is 85.2 cm³/mol. The van der Waals surface area contributed by atoms with Crippen LogP contribution < -0.4 is 11.1 Å². The van der Waals surface area contributed by atoms with Gasteiger partial charge in [-0.25, -0.2) is 4.79 Å². The minimum Gasteiger partial charge on any atom is -0.451 e. The zero-order valence-corrected chi connectivity index (χ0v) is 13.8. The van der Waals surface area contributed by atoms with Gasteiger partial charge in [0.05, 0.1) is 15.1 Å². The van der Waals surface area contributed by atoms with Gasteiger partial charge in [-0.3, -0.25) is 14.7 Å². The lowest BCUT2D eigenvalue weighted by Gasteiger charge is -2.05. The monoisotopic (exact) mass is 400 g/mol. The van der Waals surface area contributed by atoms with Gasteiger partial charge in [-0.1, -0.05) is 23.7 Å². The Hall–Kier alpha value is -2.39. The summed E-state index contributed by atoms with van der Waals surface area (Å²) < 4.78 is 4.81. The Morgan fingerprint density at radius 1 is 1.35 bits per heavy atom. The van der Waals surface area contributed by atoms with E-state index in [1.54, 1.807) is 24.3 Å². The van der Waals surface area contributed by atoms with Crippen LogP contribution in [0.5, 0.6) is 0 Å². The molecular formula is C13H10BrClN4O4. The van der Waals surface area contributed by atoms with Crippen LogP contribution in [0.2, 0.25) is 5.02 Å². The van der Waals surface area contributed by atoms with E-state index in [-0.39, 0.29) is 26.6 Å². The number of carbonyl (C=O) groups is 3. The number of esters is 1. The smallest absolute Gasteiger partial charge is 0.360 e. The van der Waals surface area contributed by atoms with Crippen LogP contribution in [0.25, 0.3) is 0 Å². The molecule has 1 aromatic carbocycles. The van der Waals surface area contributed by atoms with Crippen LogP contribution in [0.3, 0.4) is 0 Å². The van der Waals surface area contributed by atoms with Crippen molar-refractivity contribution in [3.63, 3.8) is 0 Å². The lowest BCUT2D eigenvalue weighted by atomic mass is 10.2. The molecule has 2 rings (SSSR count). The fraction of sp³-hybridized carbons (Fsp3) is 0.0769. The Balaban J connectivity index is 2.13. The normalized spacial score (nSPS) is 10.2. The van der Waals surface area contributed by atoms with Crippen LogP contribution in [0, 0.1) is 0 Å². The van der Waals surface area contributed by atoms with Crippen molar-refractivity contribution in [1.29, 1.82) is 0 Å². The van der Waals surface area contributed by atoms with Crippen LogP contribution in [-0.4, -0.2) is 34.6 Å². The van der Waals surface area contributed by atoms with Gasteiger partial charge in [0.1, 0.15) is 5.82 Å². The molecule has 0 saturated heterocycles. The average molecular weight is 402 g/mol. The Bertz CT molecular complexity index is 777. The number of halogens is 2. The van der Waals surface area contributed by atoms with Crippen molar-refractivity contribution in [2.24, 2.45) is 5.73 Å². The predicted octanol–water partition coefficient (Wildman–Crippen LogP) is 1.72. The summed E-state index contributed by atoms with van der Waals surface area (Å²) in [6.07, 6.45) is 0. The lowest BCUT2D eigenvalue weighted by Crippen LogP contribution is -2.21. The molecule has 0 bridgehead atoms. The molecule has 0 radical (unpaired) electrons. The Kier molecular flexibility index (Phi) is 5.35. The number of H-pyrrole nitrogens is 1. The highest BCUT2D eigenvalue weighted by Crippen LogP contribution is 2.25. The minimum absolute atomic E-state index is 0.138. The van der Waals surface area contributed by atoms with Crippen LogP contribution in [-0.2, 0) is 9.53 Å². The second kappa shape index (κ2) is 7.25. The van der Waals surface area contributed by atoms with E-state index >= 15 is 0 Å². The van der Waals surface area contributed by atoms with E-state index in [2.05, 4.69) is 36.2 Å². The summed E-state index contributed by atoms with van der Waals surface area (Å²) in [4.78, 5) is 34.5. The molecule has 0 saturated carbocycles. The summed E-state index contributed by atoms with van der Waals surface area (Å²) >= 11 is 9.06. The van der Waals surface area contributed by atoms with Gasteiger partial charge in [-0.15, -0.1) is 0 Å². The maximum Gasteiger partial charge on any atom is 0.360 e. The maximum atomic E-state index is 12.1. The summed E-state index contributed by atoms with van der Waals surface area (Å²) in [5.74, 6) is -2.01. The Morgan fingerprint density at radius 3 is 2.70 bits per heavy atom. The number of nitrogens with one attached hydrogen (secondary N) is 2. The number of anilines is 1. The number of carbonyl (C=O) groups excluding carboxylic acids is 3. The molecule has 0 aliphatic rings. The van der Waals surface area contributed by atoms with Crippen molar-refractivity contribution in [3.8, 4) is 0 Å². The highest BCUT2D eigenvalue weighted by Gasteiger charge is 2.21. The minimum atomic E-state index is -0.870. The first-order valence-corrected chi connectivity index (χ1v) is 7.32. The van der Waals surface area contributed by atoms with E-state index in [4.69, 9.17) is 17.3 Å². The number of nitrogens with two attached hydrogens (primary N) is 1. The third-order valence-electron chi connectivity index (χ3n) is 2.60. The van der Waals surface area contributed by atoms with Crippen LogP contribution in [0.1, 0.15) is 20.8 Å². The number of hydrogen-bond donors (Lipinski definition) is 3. The van der Waals surface area contributed by atoms with Gasteiger partial charge < -0.3 is 15.8 Å². The first-order chi connectivity index (χ1) is 10.9. The summed E-state index contributed by atoms with van der Waals surface area (Å²) in [5.41, 5.74) is 5.00. The number of nitrogens with zero attached hydrogens (tertiary/aromatic N) is 1. The van der Waals surface area contributed by atoms with Gasteiger partial charge in [0, 0.05) is 0 Å². The van der Waals surface area contributed by atoms with Gasteiger partial charge in [0.25, 0.3) is 11.8 Å². The van der Waals surface area contributed by atoms with Crippen molar-refractivity contribution in [2.45, 2.75) is 0 Å². The van der Waals surface area contributed by atoms with E-state index in [1.807, 2.05) is 0 Å². The number of aromatic nitrogens is 2. The van der Waals surface area contributed by atoms with Gasteiger partial charge in [-0.05, 0) is 28.1 Å². The van der Waals surface area contributed by atoms with Crippen molar-refractivity contribution >= 4 is 51.1 Å². The zero-order chi connectivity index (χ0) is 17.0. The molecule has 0 unspecified atom stereocenters. The van der Waals surface area contributed by atoms with E-state index < -0.39 is 24.4 Å². The SMILES string of the molecule is NC(=O)COC(=O)c1n[nH]c(NC(=O)c2ccccc2Cl)c1Br. The second-order valence-corrected chi connectivity index (χ2v) is 5.44. The quantitative estimate of drug-likeness (QED) is 0.657. The summed E-state index contributed by atoms with van der Waals surface area (Å²) in [5, 5.41) is 8.99. The first kappa shape index (κ1) is 17.0. The third kappa shape index (κ3) is 4.08. The molecular weight excluding hydrogens is 392 g/mol. The average Bonchev–Trinajstić information content (AvgIpc) is 2.86. The van der Waals surface area contributed by atoms with Gasteiger partial charge in [-0.2, -0.15) is 5.10 Å². The molecule has 0 atom stereocenters. The van der Waals surface area contributed by atoms with Gasteiger partial charge >= 0.3 is 5.97 Å². The molecule has 2 amide bonds. The number of aromatic amines is 1. The fourth-order valence-corrected chi connectivity index (χ4v) is 2.24. The number of primary amides is 1. The zero-order valence-electron chi connectivity index (χ0n) is 11.4. The van der Waals surface area contributed by atoms with Gasteiger partial charge in [0.2, 0.25) is 0 Å². The van der Waals surface area contributed by atoms with E-state index in [9.17, 15) is 14.4 Å². The van der Waals surface area contributed by atoms with Crippen molar-refractivity contribution in [1.82, 2.24) is 10.2 Å². The number of benzene rings is 1. The van der Waals surface area contributed by atoms with Crippen molar-refractivity contribution < 1.29 is 19.1 Å². The van der Waals surface area contributed by atoms with E-state index in [1.165, 1.54) is 0 Å². The summed E-state index contributed by atoms with van der Waals surface area (Å²) in [6, 6.07) is 6.47. The van der Waals surface area contributed by atoms with Crippen LogP contribution >= 0.6 is 27.5 Å². The van der Waals surface area contributed by atoms with Gasteiger partial charge in [0.15, 0.2) is 12.3 Å².